The van der Waals surface area contributed by atoms with Gasteiger partial charge in [-0.15, -0.1) is 11.8 Å². The molecule has 180 valence electrons. The number of alkyl halides is 1. The number of amides is 1. The third-order valence-electron chi connectivity index (χ3n) is 6.72. The third kappa shape index (κ3) is 3.64. The van der Waals surface area contributed by atoms with Gasteiger partial charge < -0.3 is 30.5 Å². The van der Waals surface area contributed by atoms with Gasteiger partial charge in [0.15, 0.2) is 0 Å². The van der Waals surface area contributed by atoms with Gasteiger partial charge in [0.05, 0.1) is 37.3 Å². The maximum absolute atomic E-state index is 12.5. The molecule has 10 nitrogen and oxygen atoms in total. The number of carbonyl (C=O) groups excluding carboxylic acids is 1. The monoisotopic (exact) mass is 483 g/mol. The van der Waals surface area contributed by atoms with Crippen LogP contribution in [0.1, 0.15) is 20.3 Å². The van der Waals surface area contributed by atoms with Crippen LogP contribution >= 0.6 is 11.8 Å². The van der Waals surface area contributed by atoms with Gasteiger partial charge in [-0.3, -0.25) is 14.4 Å². The minimum Gasteiger partial charge on any atom is -0.477 e. The second kappa shape index (κ2) is 8.73. The molecular weight excluding hydrogens is 457 g/mol. The molecule has 0 bridgehead atoms. The molecule has 33 heavy (non-hydrogen) atoms. The Kier molecular flexibility index (Phi) is 6.27. The van der Waals surface area contributed by atoms with Crippen LogP contribution in [0.4, 0.5) is 15.8 Å². The van der Waals surface area contributed by atoms with Gasteiger partial charge in [0.2, 0.25) is 5.91 Å². The molecular formula is C21H26FN3O7S. The van der Waals surface area contributed by atoms with E-state index >= 15 is 0 Å². The summed E-state index contributed by atoms with van der Waals surface area (Å²) in [6.07, 6.45) is -0.409. The van der Waals surface area contributed by atoms with Gasteiger partial charge in [-0.1, -0.05) is 6.92 Å². The van der Waals surface area contributed by atoms with E-state index in [4.69, 9.17) is 10.5 Å². The number of nitrogens with two attached hydrogens (primary N) is 1. The average molecular weight is 484 g/mol. The summed E-state index contributed by atoms with van der Waals surface area (Å²) in [5, 5.41) is 19.6. The number of anilines is 2. The number of carbonyl (C=O) groups is 2. The zero-order valence-electron chi connectivity index (χ0n) is 18.2. The lowest BCUT2D eigenvalue weighted by atomic mass is 9.79. The summed E-state index contributed by atoms with van der Waals surface area (Å²) < 4.78 is 17.8. The first-order valence-electron chi connectivity index (χ1n) is 10.7. The molecule has 0 unspecified atom stereocenters. The van der Waals surface area contributed by atoms with Crippen molar-refractivity contribution in [3.8, 4) is 0 Å². The lowest BCUT2D eigenvalue weighted by molar-refractivity contribution is -0.163. The Morgan fingerprint density at radius 3 is 2.61 bits per heavy atom. The minimum absolute atomic E-state index is 0.0725. The number of β-lactam (4-membered cyclic amide) rings is 1. The summed E-state index contributed by atoms with van der Waals surface area (Å²) in [4.78, 5) is 51.8. The number of thioether (sulfide) groups is 1. The Balaban J connectivity index is 1.58. The first kappa shape index (κ1) is 23.7. The number of aliphatic carboxylic acids is 1. The van der Waals surface area contributed by atoms with Crippen LogP contribution in [0.25, 0.3) is 0 Å². The van der Waals surface area contributed by atoms with E-state index in [0.717, 1.165) is 0 Å². The van der Waals surface area contributed by atoms with Gasteiger partial charge in [-0.25, -0.2) is 9.18 Å². The molecule has 3 aliphatic heterocycles. The predicted octanol–water partition coefficient (Wildman–Crippen LogP) is -0.315. The molecule has 0 spiro atoms. The fourth-order valence-corrected chi connectivity index (χ4v) is 6.77. The molecule has 0 radical (unpaired) electrons. The molecule has 1 aromatic carbocycles. The first-order valence-corrected chi connectivity index (χ1v) is 11.6. The average Bonchev–Trinajstić information content (AvgIpc) is 3.25. The summed E-state index contributed by atoms with van der Waals surface area (Å²) in [5.74, 6) is -2.56. The van der Waals surface area contributed by atoms with E-state index in [1.807, 2.05) is 6.92 Å². The van der Waals surface area contributed by atoms with Crippen LogP contribution in [0.5, 0.6) is 0 Å². The molecule has 2 fully saturated rings. The maximum Gasteiger partial charge on any atom is 0.353 e. The van der Waals surface area contributed by atoms with Crippen molar-refractivity contribution in [2.75, 3.05) is 37.1 Å². The molecule has 12 heteroatoms. The lowest BCUT2D eigenvalue weighted by Crippen LogP contribution is -2.63. The van der Waals surface area contributed by atoms with E-state index < -0.39 is 47.5 Å². The molecule has 1 aromatic rings. The molecule has 0 aromatic heterocycles. The Labute approximate surface area is 192 Å². The van der Waals surface area contributed by atoms with Gasteiger partial charge in [0, 0.05) is 22.6 Å². The third-order valence-corrected chi connectivity index (χ3v) is 8.21. The lowest BCUT2D eigenvalue weighted by Gasteiger charge is -2.46. The van der Waals surface area contributed by atoms with Crippen molar-refractivity contribution in [3.63, 3.8) is 0 Å². The van der Waals surface area contributed by atoms with Gasteiger partial charge in [0.1, 0.15) is 23.7 Å². The number of nitrogen functional groups attached to an aromatic ring is 1. The molecule has 4 rings (SSSR count). The quantitative estimate of drug-likeness (QED) is 0.242. The molecule has 1 amide bonds. The number of carboxylic acids is 1. The van der Waals surface area contributed by atoms with Crippen molar-refractivity contribution in [1.82, 2.24) is 4.90 Å². The number of halogens is 1. The number of ether oxygens (including phenoxy) is 1. The smallest absolute Gasteiger partial charge is 0.353 e. The van der Waals surface area contributed by atoms with Crippen LogP contribution in [0.2, 0.25) is 0 Å². The number of hydrogen-bond acceptors (Lipinski definition) is 9. The Morgan fingerprint density at radius 2 is 2.03 bits per heavy atom. The summed E-state index contributed by atoms with van der Waals surface area (Å²) in [6.45, 7) is 3.02. The van der Waals surface area contributed by atoms with Crippen LogP contribution in [0.15, 0.2) is 20.2 Å². The molecule has 6 atom stereocenters. The first-order chi connectivity index (χ1) is 15.6. The number of fused-ring (bicyclic) bond motifs is 1. The summed E-state index contributed by atoms with van der Waals surface area (Å²) >= 11 is 1.32. The van der Waals surface area contributed by atoms with Crippen molar-refractivity contribution < 1.29 is 28.9 Å². The Hall–Kier alpha value is -2.44. The summed E-state index contributed by atoms with van der Waals surface area (Å²) in [5.41, 5.74) is 4.27. The van der Waals surface area contributed by atoms with E-state index in [2.05, 4.69) is 0 Å². The van der Waals surface area contributed by atoms with Crippen molar-refractivity contribution in [3.05, 3.63) is 31.0 Å². The fourth-order valence-electron chi connectivity index (χ4n) is 5.21. The maximum atomic E-state index is 12.5. The summed E-state index contributed by atoms with van der Waals surface area (Å²) in [6, 6.07) is -0.759. The number of rotatable bonds is 9. The van der Waals surface area contributed by atoms with Crippen molar-refractivity contribution in [2.24, 2.45) is 11.8 Å². The number of nitrogens with zero attached hydrogens (tertiary/aromatic N) is 2. The van der Waals surface area contributed by atoms with E-state index in [1.54, 1.807) is 4.90 Å². The van der Waals surface area contributed by atoms with E-state index in [9.17, 15) is 33.8 Å². The second-order valence-electron chi connectivity index (χ2n) is 8.74. The highest BCUT2D eigenvalue weighted by molar-refractivity contribution is 8.03. The highest BCUT2D eigenvalue weighted by Gasteiger charge is 2.60. The number of carboxylic acid groups (broad SMARTS) is 1. The van der Waals surface area contributed by atoms with Crippen LogP contribution in [-0.4, -0.2) is 76.9 Å². The summed E-state index contributed by atoms with van der Waals surface area (Å²) in [7, 11) is 0. The predicted molar refractivity (Wildman–Crippen MR) is 119 cm³/mol. The minimum atomic E-state index is -1.21. The van der Waals surface area contributed by atoms with E-state index in [0.29, 0.717) is 17.9 Å². The zero-order chi connectivity index (χ0) is 24.2. The van der Waals surface area contributed by atoms with Gasteiger partial charge in [0.25, 0.3) is 10.9 Å². The second-order valence-corrected chi connectivity index (χ2v) is 10.1. The SMILES string of the molecule is C[C@@H](O)[C@H]1C(=O)N2C(C(=O)O)=C(S[C@H]3C[C@@H](COCCF)N(c4c(N)c(=O)c4=O)C3)[C@H](C)[C@H]12. The van der Waals surface area contributed by atoms with E-state index in [-0.39, 0.29) is 47.5 Å². The molecule has 3 heterocycles. The number of aliphatic hydroxyl groups is 1. The Bertz CT molecular complexity index is 1080. The van der Waals surface area contributed by atoms with Crippen LogP contribution < -0.4 is 21.5 Å². The molecule has 0 saturated carbocycles. The molecule has 2 saturated heterocycles. The molecule has 3 aliphatic rings. The normalized spacial score (nSPS) is 30.2. The van der Waals surface area contributed by atoms with Crippen molar-refractivity contribution in [2.45, 2.75) is 43.7 Å². The van der Waals surface area contributed by atoms with E-state index in [1.165, 1.54) is 23.6 Å². The standard InChI is InChI=1S/C21H26FN3O7S/c1-8-14-12(9(2)26)20(29)25(14)16(21(30)31)19(8)33-11-5-10(7-32-4-3-22)24(6-11)15-13(23)17(27)18(15)28/h8-12,14,26H,3-7,23H2,1-2H3,(H,30,31)/t8-,9-,10+,11+,12-,14-/m1/s1. The fraction of sp³-hybridized carbons (Fsp3) is 0.619. The van der Waals surface area contributed by atoms with Crippen molar-refractivity contribution >= 4 is 35.0 Å². The largest absolute Gasteiger partial charge is 0.477 e. The number of hydrogen-bond donors (Lipinski definition) is 3. The van der Waals surface area contributed by atoms with Crippen molar-refractivity contribution in [1.29, 1.82) is 0 Å². The topological polar surface area (TPSA) is 150 Å². The van der Waals surface area contributed by atoms with Crippen LogP contribution in [0, 0.1) is 11.8 Å². The highest BCUT2D eigenvalue weighted by Crippen LogP contribution is 2.52. The van der Waals surface area contributed by atoms with Crippen LogP contribution in [0.3, 0.4) is 0 Å². The van der Waals surface area contributed by atoms with Gasteiger partial charge in [-0.2, -0.15) is 0 Å². The molecule has 4 N–H and O–H groups in total. The van der Waals surface area contributed by atoms with Gasteiger partial charge in [-0.05, 0) is 13.3 Å². The Morgan fingerprint density at radius 1 is 1.33 bits per heavy atom. The van der Waals surface area contributed by atoms with Crippen LogP contribution in [-0.2, 0) is 14.3 Å². The molecule has 0 aliphatic carbocycles. The van der Waals surface area contributed by atoms with Gasteiger partial charge >= 0.3 is 5.97 Å². The number of aliphatic hydroxyl groups excluding tert-OH is 1. The highest BCUT2D eigenvalue weighted by atomic mass is 32.2. The zero-order valence-corrected chi connectivity index (χ0v) is 19.0.